The van der Waals surface area contributed by atoms with E-state index < -0.39 is 0 Å². The maximum absolute atomic E-state index is 9.09. The second-order valence-corrected chi connectivity index (χ2v) is 4.15. The van der Waals surface area contributed by atoms with Gasteiger partial charge in [0.25, 0.3) is 0 Å². The fraction of sp³-hybridized carbons (Fsp3) is 0.462. The van der Waals surface area contributed by atoms with E-state index in [9.17, 15) is 0 Å². The molecule has 1 aromatic carbocycles. The molecular formula is C13H17ClN2. The first-order valence-corrected chi connectivity index (χ1v) is 6.04. The maximum Gasteiger partial charge on any atom is 0.122 e. The van der Waals surface area contributed by atoms with Crippen LogP contribution in [0.2, 0.25) is 5.02 Å². The number of benzene rings is 1. The molecule has 0 radical (unpaired) electrons. The van der Waals surface area contributed by atoms with E-state index in [0.717, 1.165) is 18.5 Å². The lowest BCUT2D eigenvalue weighted by Crippen LogP contribution is -2.21. The van der Waals surface area contributed by atoms with Gasteiger partial charge in [-0.05, 0) is 19.0 Å². The van der Waals surface area contributed by atoms with Gasteiger partial charge in [0.15, 0.2) is 0 Å². The first-order chi connectivity index (χ1) is 7.79. The summed E-state index contributed by atoms with van der Waals surface area (Å²) >= 11 is 6.05. The predicted molar refractivity (Wildman–Crippen MR) is 67.3 cm³/mol. The summed E-state index contributed by atoms with van der Waals surface area (Å²) in [7, 11) is 0. The van der Waals surface area contributed by atoms with Crippen LogP contribution >= 0.6 is 11.6 Å². The van der Waals surface area contributed by atoms with E-state index in [1.54, 1.807) is 0 Å². The molecule has 0 saturated carbocycles. The van der Waals surface area contributed by atoms with Crippen LogP contribution in [0.5, 0.6) is 0 Å². The predicted octanol–water partition coefficient (Wildman–Crippen LogP) is 3.68. The number of hydrogen-bond acceptors (Lipinski definition) is 2. The van der Waals surface area contributed by atoms with Gasteiger partial charge in [-0.2, -0.15) is 5.26 Å². The summed E-state index contributed by atoms with van der Waals surface area (Å²) in [4.78, 5) is 0. The summed E-state index contributed by atoms with van der Waals surface area (Å²) in [5.41, 5.74) is 0.864. The highest BCUT2D eigenvalue weighted by Gasteiger charge is 2.11. The summed E-state index contributed by atoms with van der Waals surface area (Å²) < 4.78 is 0. The van der Waals surface area contributed by atoms with Crippen LogP contribution in [0, 0.1) is 11.3 Å². The Kier molecular flexibility index (Phi) is 5.92. The van der Waals surface area contributed by atoms with Crippen molar-refractivity contribution in [2.75, 3.05) is 6.54 Å². The van der Waals surface area contributed by atoms with Crippen molar-refractivity contribution < 1.29 is 0 Å². The Morgan fingerprint density at radius 2 is 2.12 bits per heavy atom. The summed E-state index contributed by atoms with van der Waals surface area (Å²) in [5.74, 6) is 0. The minimum atomic E-state index is -0.300. The minimum Gasteiger partial charge on any atom is -0.298 e. The Hall–Kier alpha value is -1.04. The van der Waals surface area contributed by atoms with E-state index in [1.165, 1.54) is 12.8 Å². The second-order valence-electron chi connectivity index (χ2n) is 3.74. The first-order valence-electron chi connectivity index (χ1n) is 5.67. The normalized spacial score (nSPS) is 12.1. The zero-order chi connectivity index (χ0) is 11.8. The van der Waals surface area contributed by atoms with Crippen LogP contribution in [0.1, 0.15) is 37.8 Å². The van der Waals surface area contributed by atoms with Crippen molar-refractivity contribution in [3.8, 4) is 6.07 Å². The molecule has 1 rings (SSSR count). The van der Waals surface area contributed by atoms with Crippen molar-refractivity contribution in [3.05, 3.63) is 34.9 Å². The molecule has 0 saturated heterocycles. The number of nitrogens with zero attached hydrogens (tertiary/aromatic N) is 1. The number of rotatable bonds is 6. The highest BCUT2D eigenvalue weighted by molar-refractivity contribution is 6.31. The molecule has 3 heteroatoms. The molecule has 1 N–H and O–H groups in total. The highest BCUT2D eigenvalue weighted by atomic mass is 35.5. The summed E-state index contributed by atoms with van der Waals surface area (Å²) in [6.07, 6.45) is 3.47. The lowest BCUT2D eigenvalue weighted by atomic mass is 10.1. The van der Waals surface area contributed by atoms with E-state index in [-0.39, 0.29) is 6.04 Å². The van der Waals surface area contributed by atoms with E-state index in [1.807, 2.05) is 24.3 Å². The van der Waals surface area contributed by atoms with E-state index in [0.29, 0.717) is 5.02 Å². The molecule has 0 heterocycles. The number of halogens is 1. The van der Waals surface area contributed by atoms with Crippen LogP contribution in [0.15, 0.2) is 24.3 Å². The average molecular weight is 237 g/mol. The molecule has 1 aromatic rings. The lowest BCUT2D eigenvalue weighted by molar-refractivity contribution is 0.581. The fourth-order valence-corrected chi connectivity index (χ4v) is 1.80. The molecule has 0 aliphatic heterocycles. The molecule has 0 bridgehead atoms. The number of nitrogens with one attached hydrogen (secondary N) is 1. The molecule has 1 atom stereocenters. The molecular weight excluding hydrogens is 220 g/mol. The SMILES string of the molecule is CCCCCNC(C#N)c1ccccc1Cl. The molecule has 86 valence electrons. The highest BCUT2D eigenvalue weighted by Crippen LogP contribution is 2.21. The molecule has 0 spiro atoms. The standard InChI is InChI=1S/C13H17ClN2/c1-2-3-6-9-16-13(10-15)11-7-4-5-8-12(11)14/h4-5,7-8,13,16H,2-3,6,9H2,1H3. The lowest BCUT2D eigenvalue weighted by Gasteiger charge is -2.12. The Morgan fingerprint density at radius 1 is 1.38 bits per heavy atom. The molecule has 2 nitrogen and oxygen atoms in total. The van der Waals surface area contributed by atoms with Gasteiger partial charge in [0.1, 0.15) is 6.04 Å². The minimum absolute atomic E-state index is 0.300. The molecule has 0 aliphatic carbocycles. The van der Waals surface area contributed by atoms with Gasteiger partial charge in [0.2, 0.25) is 0 Å². The maximum atomic E-state index is 9.09. The van der Waals surface area contributed by atoms with Crippen molar-refractivity contribution in [2.45, 2.75) is 32.2 Å². The van der Waals surface area contributed by atoms with Gasteiger partial charge >= 0.3 is 0 Å². The van der Waals surface area contributed by atoms with Crippen LogP contribution in [-0.2, 0) is 0 Å². The summed E-state index contributed by atoms with van der Waals surface area (Å²) in [6.45, 7) is 3.02. The Morgan fingerprint density at radius 3 is 2.75 bits per heavy atom. The van der Waals surface area contributed by atoms with E-state index in [4.69, 9.17) is 16.9 Å². The van der Waals surface area contributed by atoms with Gasteiger partial charge in [0.05, 0.1) is 6.07 Å². The van der Waals surface area contributed by atoms with Crippen molar-refractivity contribution in [1.82, 2.24) is 5.32 Å². The van der Waals surface area contributed by atoms with E-state index >= 15 is 0 Å². The van der Waals surface area contributed by atoms with Gasteiger partial charge < -0.3 is 0 Å². The van der Waals surface area contributed by atoms with Gasteiger partial charge in [-0.1, -0.05) is 49.6 Å². The summed E-state index contributed by atoms with van der Waals surface area (Å²) in [6, 6.07) is 9.42. The second kappa shape index (κ2) is 7.27. The Labute approximate surface area is 102 Å². The van der Waals surface area contributed by atoms with Gasteiger partial charge in [0, 0.05) is 10.6 Å². The first kappa shape index (κ1) is 13.0. The molecule has 0 aliphatic rings. The zero-order valence-electron chi connectivity index (χ0n) is 9.54. The van der Waals surface area contributed by atoms with E-state index in [2.05, 4.69) is 18.3 Å². The van der Waals surface area contributed by atoms with Crippen molar-refractivity contribution in [3.63, 3.8) is 0 Å². The third kappa shape index (κ3) is 3.84. The number of nitriles is 1. The molecule has 0 fully saturated rings. The molecule has 0 amide bonds. The summed E-state index contributed by atoms with van der Waals surface area (Å²) in [5, 5.41) is 13.0. The van der Waals surface area contributed by atoms with Crippen LogP contribution < -0.4 is 5.32 Å². The van der Waals surface area contributed by atoms with Crippen LogP contribution in [0.25, 0.3) is 0 Å². The van der Waals surface area contributed by atoms with Crippen LogP contribution in [0.4, 0.5) is 0 Å². The quantitative estimate of drug-likeness (QED) is 0.765. The number of hydrogen-bond donors (Lipinski definition) is 1. The molecule has 0 aromatic heterocycles. The molecule has 16 heavy (non-hydrogen) atoms. The largest absolute Gasteiger partial charge is 0.298 e. The smallest absolute Gasteiger partial charge is 0.122 e. The van der Waals surface area contributed by atoms with Crippen molar-refractivity contribution >= 4 is 11.6 Å². The van der Waals surface area contributed by atoms with Gasteiger partial charge in [-0.15, -0.1) is 0 Å². The topological polar surface area (TPSA) is 35.8 Å². The third-order valence-corrected chi connectivity index (χ3v) is 2.82. The van der Waals surface area contributed by atoms with Crippen LogP contribution in [-0.4, -0.2) is 6.54 Å². The van der Waals surface area contributed by atoms with Gasteiger partial charge in [-0.25, -0.2) is 0 Å². The van der Waals surface area contributed by atoms with Crippen molar-refractivity contribution in [1.29, 1.82) is 5.26 Å². The van der Waals surface area contributed by atoms with Crippen molar-refractivity contribution in [2.24, 2.45) is 0 Å². The average Bonchev–Trinajstić information content (AvgIpc) is 2.31. The van der Waals surface area contributed by atoms with Gasteiger partial charge in [-0.3, -0.25) is 5.32 Å². The number of unbranched alkanes of at least 4 members (excludes halogenated alkanes) is 2. The Bertz CT molecular complexity index is 357. The molecule has 1 unspecified atom stereocenters. The zero-order valence-corrected chi connectivity index (χ0v) is 10.3. The van der Waals surface area contributed by atoms with Crippen LogP contribution in [0.3, 0.4) is 0 Å². The Balaban J connectivity index is 2.55. The fourth-order valence-electron chi connectivity index (χ4n) is 1.56. The monoisotopic (exact) mass is 236 g/mol. The third-order valence-electron chi connectivity index (χ3n) is 2.47.